The lowest BCUT2D eigenvalue weighted by atomic mass is 9.94. The number of phenolic OH excluding ortho intramolecular Hbond substituents is 1. The van der Waals surface area contributed by atoms with Gasteiger partial charge in [-0.15, -0.1) is 0 Å². The van der Waals surface area contributed by atoms with E-state index in [-0.39, 0.29) is 11.7 Å². The fourth-order valence-corrected chi connectivity index (χ4v) is 1.89. The topological polar surface area (TPSA) is 63.3 Å². The summed E-state index contributed by atoms with van der Waals surface area (Å²) in [4.78, 5) is 10.9. The van der Waals surface area contributed by atoms with E-state index in [4.69, 9.17) is 5.73 Å². The lowest BCUT2D eigenvalue weighted by Crippen LogP contribution is -2.00. The van der Waals surface area contributed by atoms with Crippen molar-refractivity contribution < 1.29 is 9.90 Å². The highest BCUT2D eigenvalue weighted by Gasteiger charge is 2.12. The van der Waals surface area contributed by atoms with Gasteiger partial charge >= 0.3 is 0 Å². The molecule has 1 rings (SSSR count). The Morgan fingerprint density at radius 3 is 2.59 bits per heavy atom. The van der Waals surface area contributed by atoms with E-state index < -0.39 is 0 Å². The van der Waals surface area contributed by atoms with E-state index in [1.54, 1.807) is 6.07 Å². The predicted octanol–water partition coefficient (Wildman–Crippen LogP) is 2.61. The van der Waals surface area contributed by atoms with E-state index in [0.29, 0.717) is 18.4 Å². The Morgan fingerprint density at radius 1 is 1.35 bits per heavy atom. The number of aldehydes is 1. The standard InChI is InChI=1S/C14H21NO2/c1-10(2)13-8-11(5-3-4-6-15)7-12(9-16)14(13)17/h7-10,17H,3-6,15H2,1-2H3. The molecule has 0 aliphatic rings. The van der Waals surface area contributed by atoms with E-state index >= 15 is 0 Å². The van der Waals surface area contributed by atoms with Gasteiger partial charge in [0.05, 0.1) is 5.56 Å². The van der Waals surface area contributed by atoms with Crippen LogP contribution >= 0.6 is 0 Å². The summed E-state index contributed by atoms with van der Waals surface area (Å²) in [6, 6.07) is 3.76. The Hall–Kier alpha value is -1.35. The number of benzene rings is 1. The maximum absolute atomic E-state index is 10.9. The molecule has 0 saturated heterocycles. The van der Waals surface area contributed by atoms with Crippen molar-refractivity contribution in [2.75, 3.05) is 6.54 Å². The molecule has 3 nitrogen and oxygen atoms in total. The lowest BCUT2D eigenvalue weighted by molar-refractivity contribution is 0.112. The maximum Gasteiger partial charge on any atom is 0.153 e. The van der Waals surface area contributed by atoms with Gasteiger partial charge in [0.1, 0.15) is 5.75 Å². The van der Waals surface area contributed by atoms with Gasteiger partial charge in [-0.05, 0) is 48.9 Å². The molecule has 0 heterocycles. The zero-order chi connectivity index (χ0) is 12.8. The van der Waals surface area contributed by atoms with Gasteiger partial charge in [0.2, 0.25) is 0 Å². The first kappa shape index (κ1) is 13.7. The zero-order valence-corrected chi connectivity index (χ0v) is 10.6. The predicted molar refractivity (Wildman–Crippen MR) is 69.6 cm³/mol. The first-order chi connectivity index (χ1) is 8.10. The number of rotatable bonds is 6. The van der Waals surface area contributed by atoms with Crippen molar-refractivity contribution in [2.45, 2.75) is 39.0 Å². The number of carbonyl (C=O) groups is 1. The summed E-state index contributed by atoms with van der Waals surface area (Å²) in [5.74, 6) is 0.334. The quantitative estimate of drug-likeness (QED) is 0.588. The number of unbranched alkanes of at least 4 members (excludes halogenated alkanes) is 1. The third-order valence-electron chi connectivity index (χ3n) is 2.90. The van der Waals surface area contributed by atoms with Crippen LogP contribution in [0.25, 0.3) is 0 Å². The average molecular weight is 235 g/mol. The van der Waals surface area contributed by atoms with Gasteiger partial charge in [-0.1, -0.05) is 19.9 Å². The van der Waals surface area contributed by atoms with E-state index in [9.17, 15) is 9.90 Å². The zero-order valence-electron chi connectivity index (χ0n) is 10.6. The molecule has 0 aliphatic carbocycles. The van der Waals surface area contributed by atoms with Crippen LogP contribution in [0.2, 0.25) is 0 Å². The summed E-state index contributed by atoms with van der Waals surface area (Å²) in [5, 5.41) is 9.90. The molecule has 3 heteroatoms. The molecule has 3 N–H and O–H groups in total. The Kier molecular flexibility index (Phi) is 5.16. The van der Waals surface area contributed by atoms with Crippen molar-refractivity contribution >= 4 is 6.29 Å². The molecule has 1 aromatic rings. The number of aryl methyl sites for hydroxylation is 1. The van der Waals surface area contributed by atoms with Gasteiger partial charge in [-0.2, -0.15) is 0 Å². The molecular formula is C14H21NO2. The maximum atomic E-state index is 10.9. The number of aromatic hydroxyl groups is 1. The van der Waals surface area contributed by atoms with Gasteiger partial charge in [-0.3, -0.25) is 4.79 Å². The summed E-state index contributed by atoms with van der Waals surface area (Å²) in [6.07, 6.45) is 3.61. The van der Waals surface area contributed by atoms with Gasteiger partial charge < -0.3 is 10.8 Å². The summed E-state index contributed by atoms with van der Waals surface area (Å²) >= 11 is 0. The van der Waals surface area contributed by atoms with Crippen molar-refractivity contribution in [2.24, 2.45) is 5.73 Å². The van der Waals surface area contributed by atoms with Crippen LogP contribution in [0.15, 0.2) is 12.1 Å². The van der Waals surface area contributed by atoms with Gasteiger partial charge in [0, 0.05) is 0 Å². The van der Waals surface area contributed by atoms with Crippen LogP contribution in [-0.4, -0.2) is 17.9 Å². The van der Waals surface area contributed by atoms with Crippen LogP contribution in [0.3, 0.4) is 0 Å². The number of carbonyl (C=O) groups excluding carboxylic acids is 1. The summed E-state index contributed by atoms with van der Waals surface area (Å²) < 4.78 is 0. The molecular weight excluding hydrogens is 214 g/mol. The summed E-state index contributed by atoms with van der Waals surface area (Å²) in [7, 11) is 0. The molecule has 0 spiro atoms. The van der Waals surface area contributed by atoms with Gasteiger partial charge in [-0.25, -0.2) is 0 Å². The van der Waals surface area contributed by atoms with E-state index in [1.807, 2.05) is 19.9 Å². The van der Waals surface area contributed by atoms with Crippen LogP contribution in [0.4, 0.5) is 0 Å². The molecule has 0 fully saturated rings. The summed E-state index contributed by atoms with van der Waals surface area (Å²) in [6.45, 7) is 4.70. The Morgan fingerprint density at radius 2 is 2.06 bits per heavy atom. The molecule has 0 aromatic heterocycles. The van der Waals surface area contributed by atoms with Crippen molar-refractivity contribution in [3.05, 3.63) is 28.8 Å². The monoisotopic (exact) mass is 235 g/mol. The highest BCUT2D eigenvalue weighted by Crippen LogP contribution is 2.30. The van der Waals surface area contributed by atoms with Crippen molar-refractivity contribution in [3.8, 4) is 5.75 Å². The highest BCUT2D eigenvalue weighted by molar-refractivity contribution is 5.80. The normalized spacial score (nSPS) is 10.8. The van der Waals surface area contributed by atoms with E-state index in [0.717, 1.165) is 30.4 Å². The minimum atomic E-state index is 0.123. The SMILES string of the molecule is CC(C)c1cc(CCCCN)cc(C=O)c1O. The average Bonchev–Trinajstić information content (AvgIpc) is 2.30. The minimum absolute atomic E-state index is 0.123. The molecule has 0 amide bonds. The fraction of sp³-hybridized carbons (Fsp3) is 0.500. The number of nitrogens with two attached hydrogens (primary N) is 1. The third kappa shape index (κ3) is 3.56. The van der Waals surface area contributed by atoms with Crippen LogP contribution < -0.4 is 5.73 Å². The molecule has 0 radical (unpaired) electrons. The van der Waals surface area contributed by atoms with Crippen molar-refractivity contribution in [3.63, 3.8) is 0 Å². The second-order valence-electron chi connectivity index (χ2n) is 4.64. The largest absolute Gasteiger partial charge is 0.507 e. The van der Waals surface area contributed by atoms with Crippen LogP contribution in [0, 0.1) is 0 Å². The van der Waals surface area contributed by atoms with Crippen LogP contribution in [0.1, 0.15) is 54.1 Å². The molecule has 94 valence electrons. The Bertz CT molecular complexity index is 386. The smallest absolute Gasteiger partial charge is 0.153 e. The second kappa shape index (κ2) is 6.40. The van der Waals surface area contributed by atoms with E-state index in [2.05, 4.69) is 0 Å². The molecule has 0 saturated carbocycles. The molecule has 0 atom stereocenters. The minimum Gasteiger partial charge on any atom is -0.507 e. The van der Waals surface area contributed by atoms with Gasteiger partial charge in [0.25, 0.3) is 0 Å². The first-order valence-electron chi connectivity index (χ1n) is 6.11. The second-order valence-corrected chi connectivity index (χ2v) is 4.64. The molecule has 0 unspecified atom stereocenters. The Balaban J connectivity index is 2.98. The van der Waals surface area contributed by atoms with Crippen LogP contribution in [-0.2, 0) is 6.42 Å². The highest BCUT2D eigenvalue weighted by atomic mass is 16.3. The third-order valence-corrected chi connectivity index (χ3v) is 2.90. The van der Waals surface area contributed by atoms with Crippen molar-refractivity contribution in [1.82, 2.24) is 0 Å². The number of hydrogen-bond donors (Lipinski definition) is 2. The fourth-order valence-electron chi connectivity index (χ4n) is 1.89. The van der Waals surface area contributed by atoms with Gasteiger partial charge in [0.15, 0.2) is 6.29 Å². The Labute approximate surface area is 103 Å². The molecule has 17 heavy (non-hydrogen) atoms. The summed E-state index contributed by atoms with van der Waals surface area (Å²) in [5.41, 5.74) is 7.79. The van der Waals surface area contributed by atoms with E-state index in [1.165, 1.54) is 0 Å². The number of hydrogen-bond acceptors (Lipinski definition) is 3. The lowest BCUT2D eigenvalue weighted by Gasteiger charge is -2.13. The van der Waals surface area contributed by atoms with Crippen LogP contribution in [0.5, 0.6) is 5.75 Å². The number of phenols is 1. The molecule has 0 aliphatic heterocycles. The van der Waals surface area contributed by atoms with Crippen molar-refractivity contribution in [1.29, 1.82) is 0 Å². The molecule has 0 bridgehead atoms. The molecule has 1 aromatic carbocycles. The first-order valence-corrected chi connectivity index (χ1v) is 6.11.